The predicted molar refractivity (Wildman–Crippen MR) is 65.9 cm³/mol. The second-order valence-corrected chi connectivity index (χ2v) is 4.67. The molecular formula is C11H15N7O2. The summed E-state index contributed by atoms with van der Waals surface area (Å²) in [7, 11) is 0. The van der Waals surface area contributed by atoms with Gasteiger partial charge in [0.1, 0.15) is 6.54 Å². The van der Waals surface area contributed by atoms with Crippen LogP contribution >= 0.6 is 0 Å². The summed E-state index contributed by atoms with van der Waals surface area (Å²) >= 11 is 0. The van der Waals surface area contributed by atoms with Gasteiger partial charge in [-0.3, -0.25) is 0 Å². The van der Waals surface area contributed by atoms with Crippen LogP contribution in [0.5, 0.6) is 0 Å². The molecule has 20 heavy (non-hydrogen) atoms. The Kier molecular flexibility index (Phi) is 3.17. The van der Waals surface area contributed by atoms with Crippen molar-refractivity contribution in [2.75, 3.05) is 6.61 Å². The first-order chi connectivity index (χ1) is 9.70. The van der Waals surface area contributed by atoms with E-state index in [9.17, 15) is 4.79 Å². The van der Waals surface area contributed by atoms with Gasteiger partial charge in [0.05, 0.1) is 18.3 Å². The number of hydrogen-bond donors (Lipinski definition) is 0. The number of rotatable bonds is 5. The highest BCUT2D eigenvalue weighted by Gasteiger charge is 2.28. The standard InChI is InChI=1S/C11H15N7O2/c1-3-20-11(19)10-7(2)17(15-13-10)6-9-12-14-16-18(9)8-4-5-8/h8H,3-6H2,1-2H3. The van der Waals surface area contributed by atoms with Crippen molar-refractivity contribution in [3.63, 3.8) is 0 Å². The number of aromatic nitrogens is 7. The van der Waals surface area contributed by atoms with Crippen molar-refractivity contribution >= 4 is 5.97 Å². The molecule has 106 valence electrons. The largest absolute Gasteiger partial charge is 0.461 e. The number of hydrogen-bond acceptors (Lipinski definition) is 7. The topological polar surface area (TPSA) is 101 Å². The maximum atomic E-state index is 11.7. The Hall–Kier alpha value is -2.32. The van der Waals surface area contributed by atoms with Crippen LogP contribution in [0, 0.1) is 6.92 Å². The van der Waals surface area contributed by atoms with Gasteiger partial charge in [-0.2, -0.15) is 0 Å². The van der Waals surface area contributed by atoms with Crippen LogP contribution in [-0.2, 0) is 11.3 Å². The lowest BCUT2D eigenvalue weighted by Gasteiger charge is -2.04. The van der Waals surface area contributed by atoms with Gasteiger partial charge in [-0.1, -0.05) is 5.21 Å². The average molecular weight is 277 g/mol. The van der Waals surface area contributed by atoms with E-state index in [1.54, 1.807) is 18.5 Å². The maximum absolute atomic E-state index is 11.7. The van der Waals surface area contributed by atoms with Crippen LogP contribution in [0.1, 0.15) is 47.8 Å². The van der Waals surface area contributed by atoms with Crippen LogP contribution in [0.25, 0.3) is 0 Å². The van der Waals surface area contributed by atoms with Gasteiger partial charge in [0, 0.05) is 0 Å². The summed E-state index contributed by atoms with van der Waals surface area (Å²) < 4.78 is 8.35. The Bertz CT molecular complexity index is 629. The zero-order valence-electron chi connectivity index (χ0n) is 11.4. The molecule has 0 unspecified atom stereocenters. The van der Waals surface area contributed by atoms with Crippen molar-refractivity contribution in [1.82, 2.24) is 35.2 Å². The van der Waals surface area contributed by atoms with Gasteiger partial charge in [-0.05, 0) is 37.1 Å². The molecule has 1 saturated carbocycles. The molecule has 0 saturated heterocycles. The van der Waals surface area contributed by atoms with Crippen molar-refractivity contribution in [3.8, 4) is 0 Å². The fraction of sp³-hybridized carbons (Fsp3) is 0.636. The van der Waals surface area contributed by atoms with Gasteiger partial charge >= 0.3 is 5.97 Å². The van der Waals surface area contributed by atoms with E-state index in [2.05, 4.69) is 25.8 Å². The highest BCUT2D eigenvalue weighted by molar-refractivity contribution is 5.88. The summed E-state index contributed by atoms with van der Waals surface area (Å²) in [6.07, 6.45) is 2.20. The summed E-state index contributed by atoms with van der Waals surface area (Å²) in [6.45, 7) is 4.23. The van der Waals surface area contributed by atoms with Crippen molar-refractivity contribution < 1.29 is 9.53 Å². The molecule has 0 N–H and O–H groups in total. The number of nitrogens with zero attached hydrogens (tertiary/aromatic N) is 7. The minimum Gasteiger partial charge on any atom is -0.461 e. The van der Waals surface area contributed by atoms with Gasteiger partial charge in [0.25, 0.3) is 0 Å². The van der Waals surface area contributed by atoms with Crippen molar-refractivity contribution in [1.29, 1.82) is 0 Å². The van der Waals surface area contributed by atoms with Crippen molar-refractivity contribution in [3.05, 3.63) is 17.2 Å². The van der Waals surface area contributed by atoms with Crippen LogP contribution in [0.4, 0.5) is 0 Å². The number of esters is 1. The highest BCUT2D eigenvalue weighted by atomic mass is 16.5. The Morgan fingerprint density at radius 1 is 1.35 bits per heavy atom. The summed E-state index contributed by atoms with van der Waals surface area (Å²) in [5, 5.41) is 19.5. The molecule has 3 rings (SSSR count). The first-order valence-electron chi connectivity index (χ1n) is 6.54. The first kappa shape index (κ1) is 12.7. The van der Waals surface area contributed by atoms with E-state index in [0.29, 0.717) is 24.9 Å². The number of tetrazole rings is 1. The van der Waals surface area contributed by atoms with Crippen LogP contribution in [0.2, 0.25) is 0 Å². The molecule has 1 aliphatic rings. The fourth-order valence-corrected chi connectivity index (χ4v) is 1.95. The van der Waals surface area contributed by atoms with Gasteiger partial charge in [-0.25, -0.2) is 14.2 Å². The summed E-state index contributed by atoms with van der Waals surface area (Å²) in [4.78, 5) is 11.7. The zero-order chi connectivity index (χ0) is 14.1. The number of ether oxygens (including phenoxy) is 1. The van der Waals surface area contributed by atoms with Gasteiger partial charge in [0.15, 0.2) is 11.5 Å². The molecular weight excluding hydrogens is 262 g/mol. The van der Waals surface area contributed by atoms with Crippen molar-refractivity contribution in [2.45, 2.75) is 39.3 Å². The first-order valence-corrected chi connectivity index (χ1v) is 6.54. The monoisotopic (exact) mass is 277 g/mol. The van der Waals surface area contributed by atoms with Gasteiger partial charge < -0.3 is 4.74 Å². The predicted octanol–water partition coefficient (Wildman–Crippen LogP) is 0.133. The molecule has 0 aliphatic heterocycles. The van der Waals surface area contributed by atoms with E-state index >= 15 is 0 Å². The molecule has 0 amide bonds. The van der Waals surface area contributed by atoms with Crippen LogP contribution in [0.15, 0.2) is 0 Å². The molecule has 0 bridgehead atoms. The molecule has 0 atom stereocenters. The molecule has 2 aromatic rings. The van der Waals surface area contributed by atoms with Crippen LogP contribution in [-0.4, -0.2) is 47.8 Å². The molecule has 9 nitrogen and oxygen atoms in total. The van der Waals surface area contributed by atoms with Gasteiger partial charge in [-0.15, -0.1) is 10.2 Å². The van der Waals surface area contributed by atoms with Crippen molar-refractivity contribution in [2.24, 2.45) is 0 Å². The minimum absolute atomic E-state index is 0.234. The second-order valence-electron chi connectivity index (χ2n) is 4.67. The Balaban J connectivity index is 1.81. The second kappa shape index (κ2) is 4.99. The third kappa shape index (κ3) is 2.26. The third-order valence-corrected chi connectivity index (χ3v) is 3.20. The van der Waals surface area contributed by atoms with Crippen LogP contribution < -0.4 is 0 Å². The lowest BCUT2D eigenvalue weighted by molar-refractivity contribution is 0.0518. The summed E-state index contributed by atoms with van der Waals surface area (Å²) in [5.74, 6) is 0.258. The van der Waals surface area contributed by atoms with Crippen LogP contribution in [0.3, 0.4) is 0 Å². The average Bonchev–Trinajstić information content (AvgIpc) is 3.07. The normalized spacial score (nSPS) is 14.5. The SMILES string of the molecule is CCOC(=O)c1nnn(Cc2nnnn2C2CC2)c1C. The molecule has 0 radical (unpaired) electrons. The Morgan fingerprint density at radius 2 is 2.15 bits per heavy atom. The van der Waals surface area contributed by atoms with E-state index in [-0.39, 0.29) is 5.69 Å². The molecule has 1 aliphatic carbocycles. The molecule has 9 heteroatoms. The summed E-state index contributed by atoms with van der Waals surface area (Å²) in [5.41, 5.74) is 0.881. The summed E-state index contributed by atoms with van der Waals surface area (Å²) in [6, 6.07) is 0.397. The quantitative estimate of drug-likeness (QED) is 0.716. The van der Waals surface area contributed by atoms with E-state index < -0.39 is 5.97 Å². The minimum atomic E-state index is -0.460. The third-order valence-electron chi connectivity index (χ3n) is 3.20. The maximum Gasteiger partial charge on any atom is 0.360 e. The lowest BCUT2D eigenvalue weighted by Crippen LogP contribution is -2.12. The molecule has 2 heterocycles. The zero-order valence-corrected chi connectivity index (χ0v) is 11.4. The number of carbonyl (C=O) groups excluding carboxylic acids is 1. The smallest absolute Gasteiger partial charge is 0.360 e. The lowest BCUT2D eigenvalue weighted by atomic mass is 10.3. The van der Waals surface area contributed by atoms with E-state index in [1.807, 2.05) is 4.68 Å². The Morgan fingerprint density at radius 3 is 2.85 bits per heavy atom. The molecule has 2 aromatic heterocycles. The molecule has 1 fully saturated rings. The van der Waals surface area contributed by atoms with Gasteiger partial charge in [0.2, 0.25) is 0 Å². The van der Waals surface area contributed by atoms with E-state index in [4.69, 9.17) is 4.74 Å². The fourth-order valence-electron chi connectivity index (χ4n) is 1.95. The van der Waals surface area contributed by atoms with E-state index in [1.165, 1.54) is 0 Å². The molecule has 0 aromatic carbocycles. The number of carbonyl (C=O) groups is 1. The Labute approximate surface area is 114 Å². The molecule has 0 spiro atoms. The highest BCUT2D eigenvalue weighted by Crippen LogP contribution is 2.34. The van der Waals surface area contributed by atoms with E-state index in [0.717, 1.165) is 18.7 Å².